The summed E-state index contributed by atoms with van der Waals surface area (Å²) in [6.45, 7) is 6.71. The van der Waals surface area contributed by atoms with Gasteiger partial charge in [0.1, 0.15) is 0 Å². The zero-order valence-corrected chi connectivity index (χ0v) is 9.00. The van der Waals surface area contributed by atoms with Gasteiger partial charge < -0.3 is 0 Å². The minimum atomic E-state index is 0.773. The molecule has 66 valence electrons. The lowest BCUT2D eigenvalue weighted by Gasteiger charge is -2.12. The summed E-state index contributed by atoms with van der Waals surface area (Å²) in [7, 11) is 0. The normalized spacial score (nSPS) is 15.1. The molecule has 0 aromatic rings. The molecule has 0 spiro atoms. The summed E-state index contributed by atoms with van der Waals surface area (Å²) in [6, 6.07) is 0. The highest BCUT2D eigenvalue weighted by Gasteiger charge is 2.04. The van der Waals surface area contributed by atoms with Crippen LogP contribution in [0.15, 0.2) is 11.0 Å². The smallest absolute Gasteiger partial charge is 0.0134 e. The Morgan fingerprint density at radius 3 is 2.55 bits per heavy atom. The van der Waals surface area contributed by atoms with Crippen molar-refractivity contribution >= 4 is 11.8 Å². The van der Waals surface area contributed by atoms with Gasteiger partial charge in [-0.15, -0.1) is 11.8 Å². The highest BCUT2D eigenvalue weighted by Crippen LogP contribution is 2.25. The second kappa shape index (κ2) is 6.78. The minimum Gasteiger partial charge on any atom is -0.134 e. The van der Waals surface area contributed by atoms with E-state index in [4.69, 9.17) is 0 Å². The van der Waals surface area contributed by atoms with E-state index < -0.39 is 0 Å². The zero-order valence-electron chi connectivity index (χ0n) is 8.18. The highest BCUT2D eigenvalue weighted by atomic mass is 32.2. The second-order valence-corrected chi connectivity index (χ2v) is 3.82. The van der Waals surface area contributed by atoms with Crippen molar-refractivity contribution in [2.24, 2.45) is 5.92 Å². The first-order chi connectivity index (χ1) is 5.26. The van der Waals surface area contributed by atoms with Crippen molar-refractivity contribution in [1.82, 2.24) is 0 Å². The molecule has 0 saturated carbocycles. The maximum absolute atomic E-state index is 2.32. The van der Waals surface area contributed by atoms with Gasteiger partial charge in [-0.05, 0) is 30.4 Å². The fourth-order valence-corrected chi connectivity index (χ4v) is 2.01. The average Bonchev–Trinajstić information content (AvgIpc) is 2.03. The molecule has 0 aromatic heterocycles. The first kappa shape index (κ1) is 11.1. The summed E-state index contributed by atoms with van der Waals surface area (Å²) >= 11 is 1.89. The van der Waals surface area contributed by atoms with E-state index in [1.807, 2.05) is 11.8 Å². The summed E-state index contributed by atoms with van der Waals surface area (Å²) in [5.74, 6) is 0.773. The molecule has 0 aliphatic heterocycles. The van der Waals surface area contributed by atoms with Crippen LogP contribution in [0.25, 0.3) is 0 Å². The van der Waals surface area contributed by atoms with Crippen LogP contribution in [0.2, 0.25) is 0 Å². The van der Waals surface area contributed by atoms with Crippen LogP contribution in [0.1, 0.15) is 40.0 Å². The van der Waals surface area contributed by atoms with Gasteiger partial charge in [-0.2, -0.15) is 0 Å². The molecule has 1 atom stereocenters. The lowest BCUT2D eigenvalue weighted by molar-refractivity contribution is 0.591. The van der Waals surface area contributed by atoms with Gasteiger partial charge in [0.15, 0.2) is 0 Å². The third-order valence-electron chi connectivity index (χ3n) is 2.00. The molecule has 0 rings (SSSR count). The first-order valence-corrected chi connectivity index (χ1v) is 5.68. The Morgan fingerprint density at radius 1 is 1.55 bits per heavy atom. The first-order valence-electron chi connectivity index (χ1n) is 4.46. The number of hydrogen-bond donors (Lipinski definition) is 0. The maximum atomic E-state index is 2.32. The highest BCUT2D eigenvalue weighted by molar-refractivity contribution is 8.02. The third-order valence-corrected chi connectivity index (χ3v) is 3.11. The lowest BCUT2D eigenvalue weighted by Crippen LogP contribution is -1.95. The molecule has 0 aliphatic rings. The van der Waals surface area contributed by atoms with Gasteiger partial charge in [0.2, 0.25) is 0 Å². The van der Waals surface area contributed by atoms with Crippen molar-refractivity contribution in [3.63, 3.8) is 0 Å². The predicted octanol–water partition coefficient (Wildman–Crippen LogP) is 4.08. The predicted molar refractivity (Wildman–Crippen MR) is 56.0 cm³/mol. The zero-order chi connectivity index (χ0) is 8.69. The number of allylic oxidation sites excluding steroid dienone is 2. The monoisotopic (exact) mass is 172 g/mol. The van der Waals surface area contributed by atoms with Crippen LogP contribution in [-0.4, -0.2) is 6.26 Å². The van der Waals surface area contributed by atoms with Crippen molar-refractivity contribution in [2.75, 3.05) is 6.26 Å². The summed E-state index contributed by atoms with van der Waals surface area (Å²) in [4.78, 5) is 1.54. The molecule has 0 saturated heterocycles. The fourth-order valence-electron chi connectivity index (χ4n) is 1.26. The van der Waals surface area contributed by atoms with Gasteiger partial charge in [-0.1, -0.05) is 32.8 Å². The standard InChI is InChI=1S/C10H20S/c1-5-7-8-9(3)10(6-2)11-4/h6,9H,5,7-8H2,1-4H3. The number of hydrogen-bond acceptors (Lipinski definition) is 1. The van der Waals surface area contributed by atoms with Crippen LogP contribution >= 0.6 is 11.8 Å². The maximum Gasteiger partial charge on any atom is -0.0134 e. The van der Waals surface area contributed by atoms with E-state index in [2.05, 4.69) is 33.1 Å². The Kier molecular flexibility index (Phi) is 6.83. The van der Waals surface area contributed by atoms with E-state index in [9.17, 15) is 0 Å². The molecule has 0 N–H and O–H groups in total. The van der Waals surface area contributed by atoms with E-state index in [-0.39, 0.29) is 0 Å². The van der Waals surface area contributed by atoms with Crippen molar-refractivity contribution < 1.29 is 0 Å². The Balaban J connectivity index is 3.70. The largest absolute Gasteiger partial charge is 0.134 e. The quantitative estimate of drug-likeness (QED) is 0.602. The van der Waals surface area contributed by atoms with Gasteiger partial charge in [0.05, 0.1) is 0 Å². The molecule has 0 radical (unpaired) electrons. The third kappa shape index (κ3) is 4.52. The van der Waals surface area contributed by atoms with E-state index in [0.29, 0.717) is 0 Å². The average molecular weight is 172 g/mol. The molecule has 1 heteroatoms. The van der Waals surface area contributed by atoms with Gasteiger partial charge in [-0.3, -0.25) is 0 Å². The molecule has 11 heavy (non-hydrogen) atoms. The van der Waals surface area contributed by atoms with E-state index in [0.717, 1.165) is 5.92 Å². The van der Waals surface area contributed by atoms with E-state index >= 15 is 0 Å². The van der Waals surface area contributed by atoms with Crippen molar-refractivity contribution in [3.05, 3.63) is 11.0 Å². The molecule has 0 heterocycles. The SMILES string of the molecule is CC=C(SC)C(C)CCCC. The summed E-state index contributed by atoms with van der Waals surface area (Å²) < 4.78 is 0. The topological polar surface area (TPSA) is 0 Å². The molecule has 0 fully saturated rings. The lowest BCUT2D eigenvalue weighted by atomic mass is 10.0. The Hall–Kier alpha value is 0.0900. The van der Waals surface area contributed by atoms with Crippen molar-refractivity contribution in [1.29, 1.82) is 0 Å². The van der Waals surface area contributed by atoms with Gasteiger partial charge in [0, 0.05) is 0 Å². The van der Waals surface area contributed by atoms with Crippen LogP contribution in [0, 0.1) is 5.92 Å². The number of thioether (sulfide) groups is 1. The molecular weight excluding hydrogens is 152 g/mol. The summed E-state index contributed by atoms with van der Waals surface area (Å²) in [5.41, 5.74) is 0. The summed E-state index contributed by atoms with van der Waals surface area (Å²) in [6.07, 6.45) is 8.43. The van der Waals surface area contributed by atoms with Crippen LogP contribution in [0.3, 0.4) is 0 Å². The molecule has 0 aliphatic carbocycles. The molecule has 0 nitrogen and oxygen atoms in total. The number of rotatable bonds is 5. The van der Waals surface area contributed by atoms with Crippen LogP contribution in [0.5, 0.6) is 0 Å². The molecule has 0 aromatic carbocycles. The Labute approximate surface area is 75.5 Å². The van der Waals surface area contributed by atoms with E-state index in [1.165, 1.54) is 19.3 Å². The molecular formula is C10H20S. The Morgan fingerprint density at radius 2 is 2.18 bits per heavy atom. The van der Waals surface area contributed by atoms with Gasteiger partial charge >= 0.3 is 0 Å². The van der Waals surface area contributed by atoms with Crippen molar-refractivity contribution in [3.8, 4) is 0 Å². The second-order valence-electron chi connectivity index (χ2n) is 2.94. The number of unbranched alkanes of at least 4 members (excludes halogenated alkanes) is 1. The van der Waals surface area contributed by atoms with Gasteiger partial charge in [0.25, 0.3) is 0 Å². The van der Waals surface area contributed by atoms with Crippen LogP contribution in [-0.2, 0) is 0 Å². The van der Waals surface area contributed by atoms with Crippen LogP contribution < -0.4 is 0 Å². The minimum absolute atomic E-state index is 0.773. The summed E-state index contributed by atoms with van der Waals surface area (Å²) in [5, 5.41) is 0. The van der Waals surface area contributed by atoms with E-state index in [1.54, 1.807) is 4.91 Å². The molecule has 0 bridgehead atoms. The Bertz CT molecular complexity index is 116. The fraction of sp³-hybridized carbons (Fsp3) is 0.800. The van der Waals surface area contributed by atoms with Gasteiger partial charge in [-0.25, -0.2) is 0 Å². The molecule has 0 amide bonds. The molecule has 1 unspecified atom stereocenters. The van der Waals surface area contributed by atoms with Crippen molar-refractivity contribution in [2.45, 2.75) is 40.0 Å². The van der Waals surface area contributed by atoms with Crippen LogP contribution in [0.4, 0.5) is 0 Å².